The molecule has 2 fully saturated rings. The van der Waals surface area contributed by atoms with Gasteiger partial charge in [-0.2, -0.15) is 0 Å². The maximum atomic E-state index is 2.69. The molecule has 2 aliphatic rings. The Labute approximate surface area is 140 Å². The van der Waals surface area contributed by atoms with Crippen molar-refractivity contribution in [3.8, 4) is 0 Å². The van der Waals surface area contributed by atoms with Crippen LogP contribution in [0.5, 0.6) is 0 Å². The van der Waals surface area contributed by atoms with Gasteiger partial charge in [-0.3, -0.25) is 0 Å². The Kier molecular flexibility index (Phi) is 8.93. The van der Waals surface area contributed by atoms with Crippen LogP contribution in [0, 0.1) is 30.1 Å². The second-order valence-corrected chi connectivity index (χ2v) is 8.34. The Morgan fingerprint density at radius 3 is 2.14 bits per heavy atom. The van der Waals surface area contributed by atoms with E-state index in [0.717, 1.165) is 23.7 Å². The van der Waals surface area contributed by atoms with Crippen LogP contribution in [0.4, 0.5) is 0 Å². The monoisotopic (exact) mass is 305 g/mol. The van der Waals surface area contributed by atoms with E-state index < -0.39 is 0 Å². The average molecular weight is 306 g/mol. The van der Waals surface area contributed by atoms with Crippen LogP contribution in [0.3, 0.4) is 0 Å². The average Bonchev–Trinajstić information content (AvgIpc) is 2.56. The van der Waals surface area contributed by atoms with Crippen LogP contribution in [-0.2, 0) is 0 Å². The van der Waals surface area contributed by atoms with Crippen LogP contribution in [0.1, 0.15) is 110 Å². The van der Waals surface area contributed by atoms with Crippen LogP contribution >= 0.6 is 0 Å². The maximum absolute atomic E-state index is 2.69. The van der Waals surface area contributed by atoms with E-state index in [2.05, 4.69) is 20.3 Å². The Bertz CT molecular complexity index is 259. The second kappa shape index (κ2) is 10.7. The molecule has 0 bridgehead atoms. The zero-order valence-electron chi connectivity index (χ0n) is 15.5. The van der Waals surface area contributed by atoms with Crippen molar-refractivity contribution >= 4 is 0 Å². The lowest BCUT2D eigenvalue weighted by Crippen LogP contribution is -2.22. The van der Waals surface area contributed by atoms with E-state index in [1.807, 2.05) is 0 Å². The summed E-state index contributed by atoms with van der Waals surface area (Å²) in [6.07, 6.45) is 25.0. The molecule has 1 radical (unpaired) electrons. The molecule has 0 heteroatoms. The minimum absolute atomic E-state index is 0.968. The van der Waals surface area contributed by atoms with Crippen molar-refractivity contribution in [2.24, 2.45) is 23.7 Å². The Morgan fingerprint density at radius 2 is 1.45 bits per heavy atom. The van der Waals surface area contributed by atoms with Crippen LogP contribution < -0.4 is 0 Å². The summed E-state index contributed by atoms with van der Waals surface area (Å²) in [6.45, 7) is 4.69. The molecule has 22 heavy (non-hydrogen) atoms. The molecule has 2 rings (SSSR count). The number of hydrogen-bond acceptors (Lipinski definition) is 0. The summed E-state index contributed by atoms with van der Waals surface area (Å²) in [7, 11) is 0. The van der Waals surface area contributed by atoms with Gasteiger partial charge in [0.25, 0.3) is 0 Å². The fourth-order valence-corrected chi connectivity index (χ4v) is 5.12. The summed E-state index contributed by atoms with van der Waals surface area (Å²) < 4.78 is 0. The molecule has 129 valence electrons. The molecule has 2 unspecified atom stereocenters. The van der Waals surface area contributed by atoms with Crippen molar-refractivity contribution < 1.29 is 0 Å². The fraction of sp³-hybridized carbons (Fsp3) is 0.955. The molecule has 0 N–H and O–H groups in total. The highest BCUT2D eigenvalue weighted by Crippen LogP contribution is 2.39. The molecule has 0 saturated heterocycles. The Balaban J connectivity index is 1.61. The van der Waals surface area contributed by atoms with Crippen molar-refractivity contribution in [1.29, 1.82) is 0 Å². The van der Waals surface area contributed by atoms with Gasteiger partial charge in [0.15, 0.2) is 0 Å². The molecule has 0 aromatic heterocycles. The molecule has 0 spiro atoms. The van der Waals surface area contributed by atoms with Gasteiger partial charge in [-0.1, -0.05) is 97.3 Å². The summed E-state index contributed by atoms with van der Waals surface area (Å²) in [5.41, 5.74) is 0. The molecule has 0 aromatic rings. The molecule has 2 atom stereocenters. The van der Waals surface area contributed by atoms with E-state index in [4.69, 9.17) is 0 Å². The molecule has 0 heterocycles. The molecular weight excluding hydrogens is 264 g/mol. The van der Waals surface area contributed by atoms with Gasteiger partial charge in [0, 0.05) is 0 Å². The standard InChI is InChI=1S/C22H41/c1-3-5-6-10-19-13-15-20(16-14-19)17-18-22-12-8-7-11-21(22)9-4-2/h12,19-22H,3-11,13-18H2,1-2H3. The third kappa shape index (κ3) is 6.25. The van der Waals surface area contributed by atoms with E-state index >= 15 is 0 Å². The molecule has 0 aromatic carbocycles. The highest BCUT2D eigenvalue weighted by molar-refractivity contribution is 4.88. The van der Waals surface area contributed by atoms with E-state index in [-0.39, 0.29) is 0 Å². The van der Waals surface area contributed by atoms with Crippen LogP contribution in [0.2, 0.25) is 0 Å². The molecule has 0 amide bonds. The van der Waals surface area contributed by atoms with Gasteiger partial charge in [-0.15, -0.1) is 0 Å². The lowest BCUT2D eigenvalue weighted by atomic mass is 9.72. The summed E-state index contributed by atoms with van der Waals surface area (Å²) >= 11 is 0. The molecule has 0 nitrogen and oxygen atoms in total. The van der Waals surface area contributed by atoms with Crippen molar-refractivity contribution in [2.45, 2.75) is 110 Å². The lowest BCUT2D eigenvalue weighted by molar-refractivity contribution is 0.210. The van der Waals surface area contributed by atoms with Gasteiger partial charge in [-0.25, -0.2) is 0 Å². The maximum Gasteiger partial charge on any atom is -0.0352 e. The SMILES string of the molecule is CCCCCC1CCC(CCC2[CH]CCCC2CCC)CC1. The third-order valence-corrected chi connectivity index (χ3v) is 6.60. The highest BCUT2D eigenvalue weighted by atomic mass is 14.3. The van der Waals surface area contributed by atoms with Crippen molar-refractivity contribution in [3.05, 3.63) is 6.42 Å². The third-order valence-electron chi connectivity index (χ3n) is 6.60. The summed E-state index contributed by atoms with van der Waals surface area (Å²) in [5.74, 6) is 4.15. The first-order valence-corrected chi connectivity index (χ1v) is 10.7. The smallest absolute Gasteiger partial charge is 0.0352 e. The van der Waals surface area contributed by atoms with Gasteiger partial charge in [0.1, 0.15) is 0 Å². The Morgan fingerprint density at radius 1 is 0.727 bits per heavy atom. The minimum atomic E-state index is 0.968. The van der Waals surface area contributed by atoms with Crippen LogP contribution in [-0.4, -0.2) is 0 Å². The zero-order valence-corrected chi connectivity index (χ0v) is 15.5. The number of unbranched alkanes of at least 4 members (excludes halogenated alkanes) is 2. The number of rotatable bonds is 9. The lowest BCUT2D eigenvalue weighted by Gasteiger charge is -2.34. The van der Waals surface area contributed by atoms with E-state index in [0.29, 0.717) is 0 Å². The van der Waals surface area contributed by atoms with Gasteiger partial charge in [0.2, 0.25) is 0 Å². The van der Waals surface area contributed by atoms with Crippen molar-refractivity contribution in [2.75, 3.05) is 0 Å². The van der Waals surface area contributed by atoms with Crippen molar-refractivity contribution in [1.82, 2.24) is 0 Å². The summed E-state index contributed by atoms with van der Waals surface area (Å²) in [6, 6.07) is 0. The quantitative estimate of drug-likeness (QED) is 0.385. The van der Waals surface area contributed by atoms with E-state index in [1.54, 1.807) is 25.7 Å². The second-order valence-electron chi connectivity index (χ2n) is 8.34. The Hall–Kier alpha value is 0. The molecular formula is C22H41. The zero-order chi connectivity index (χ0) is 15.6. The largest absolute Gasteiger partial charge is 0.0654 e. The molecule has 0 aliphatic heterocycles. The summed E-state index contributed by atoms with van der Waals surface area (Å²) in [4.78, 5) is 0. The molecule has 2 saturated carbocycles. The first kappa shape index (κ1) is 18.3. The highest BCUT2D eigenvalue weighted by Gasteiger charge is 2.26. The van der Waals surface area contributed by atoms with Gasteiger partial charge in [0.05, 0.1) is 0 Å². The molecule has 2 aliphatic carbocycles. The summed E-state index contributed by atoms with van der Waals surface area (Å²) in [5, 5.41) is 0. The predicted molar refractivity (Wildman–Crippen MR) is 98.9 cm³/mol. The van der Waals surface area contributed by atoms with Gasteiger partial charge < -0.3 is 0 Å². The van der Waals surface area contributed by atoms with Crippen molar-refractivity contribution in [3.63, 3.8) is 0 Å². The topological polar surface area (TPSA) is 0 Å². The van der Waals surface area contributed by atoms with E-state index in [1.165, 1.54) is 70.6 Å². The van der Waals surface area contributed by atoms with Crippen LogP contribution in [0.25, 0.3) is 0 Å². The van der Waals surface area contributed by atoms with Gasteiger partial charge in [-0.05, 0) is 42.9 Å². The minimum Gasteiger partial charge on any atom is -0.0654 e. The van der Waals surface area contributed by atoms with Crippen LogP contribution in [0.15, 0.2) is 0 Å². The normalized spacial score (nSPS) is 33.0. The predicted octanol–water partition coefficient (Wildman–Crippen LogP) is 7.57. The number of hydrogen-bond donors (Lipinski definition) is 0. The van der Waals surface area contributed by atoms with E-state index in [9.17, 15) is 0 Å². The first-order valence-electron chi connectivity index (χ1n) is 10.7. The van der Waals surface area contributed by atoms with Gasteiger partial charge >= 0.3 is 0 Å². The first-order chi connectivity index (χ1) is 10.8. The fourth-order valence-electron chi connectivity index (χ4n) is 5.12.